The minimum Gasteiger partial charge on any atom is -0.396 e. The number of aliphatic hydroxyl groups is 1. The third-order valence-corrected chi connectivity index (χ3v) is 5.31. The number of carbonyl (C=O) groups excluding carboxylic acids is 1. The van der Waals surface area contributed by atoms with Gasteiger partial charge in [-0.2, -0.15) is 0 Å². The monoisotopic (exact) mass is 325 g/mol. The topological polar surface area (TPSA) is 56.7 Å². The molecule has 3 rings (SSSR count). The number of pyridine rings is 1. The van der Waals surface area contributed by atoms with Crippen LogP contribution in [-0.4, -0.2) is 65.1 Å². The summed E-state index contributed by atoms with van der Waals surface area (Å²) in [5.41, 5.74) is -0.542. The van der Waals surface area contributed by atoms with E-state index >= 15 is 0 Å². The van der Waals surface area contributed by atoms with Crippen molar-refractivity contribution in [1.29, 1.82) is 0 Å². The third-order valence-electron chi connectivity index (χ3n) is 5.31. The average Bonchev–Trinajstić information content (AvgIpc) is 2.54. The molecule has 126 valence electrons. The SMILES string of the molecule is CN1CCC[C@]2(CO)CCN(C(=O)c3ncc(F)cc3F)C[C@@H]12. The zero-order chi connectivity index (χ0) is 16.6. The maximum Gasteiger partial charge on any atom is 0.275 e. The summed E-state index contributed by atoms with van der Waals surface area (Å²) in [6.07, 6.45) is 3.48. The maximum absolute atomic E-state index is 13.8. The minimum atomic E-state index is -0.939. The Morgan fingerprint density at radius 2 is 2.22 bits per heavy atom. The van der Waals surface area contributed by atoms with Crippen molar-refractivity contribution in [2.24, 2.45) is 5.41 Å². The van der Waals surface area contributed by atoms with E-state index in [-0.39, 0.29) is 23.8 Å². The lowest BCUT2D eigenvalue weighted by Gasteiger charge is -2.53. The predicted octanol–water partition coefficient (Wildman–Crippen LogP) is 1.28. The van der Waals surface area contributed by atoms with Crippen molar-refractivity contribution >= 4 is 5.91 Å². The number of likely N-dealkylation sites (tertiary alicyclic amines) is 2. The number of piperidine rings is 2. The first-order valence-corrected chi connectivity index (χ1v) is 7.88. The summed E-state index contributed by atoms with van der Waals surface area (Å²) in [5.74, 6) is -2.26. The highest BCUT2D eigenvalue weighted by molar-refractivity contribution is 5.92. The molecule has 2 saturated heterocycles. The smallest absolute Gasteiger partial charge is 0.275 e. The minimum absolute atomic E-state index is 0.0439. The van der Waals surface area contributed by atoms with Crippen LogP contribution in [0, 0.1) is 17.0 Å². The molecule has 1 aromatic heterocycles. The molecule has 1 N–H and O–H groups in total. The van der Waals surface area contributed by atoms with Crippen LogP contribution in [0.3, 0.4) is 0 Å². The summed E-state index contributed by atoms with van der Waals surface area (Å²) >= 11 is 0. The molecule has 0 aliphatic carbocycles. The van der Waals surface area contributed by atoms with Crippen molar-refractivity contribution in [3.05, 3.63) is 29.6 Å². The van der Waals surface area contributed by atoms with E-state index in [9.17, 15) is 18.7 Å². The van der Waals surface area contributed by atoms with Gasteiger partial charge in [0.1, 0.15) is 5.82 Å². The number of rotatable bonds is 2. The predicted molar refractivity (Wildman–Crippen MR) is 79.8 cm³/mol. The lowest BCUT2D eigenvalue weighted by molar-refractivity contribution is -0.0602. The van der Waals surface area contributed by atoms with Gasteiger partial charge in [-0.25, -0.2) is 13.8 Å². The summed E-state index contributed by atoms with van der Waals surface area (Å²) in [4.78, 5) is 19.9. The standard InChI is InChI=1S/C16H21F2N3O2/c1-20-5-2-3-16(10-22)4-6-21(9-13(16)20)15(23)14-12(18)7-11(17)8-19-14/h7-8,13,22H,2-6,9-10H2,1H3/t13-,16-/m1/s1. The zero-order valence-electron chi connectivity index (χ0n) is 13.1. The van der Waals surface area contributed by atoms with Crippen LogP contribution in [0.2, 0.25) is 0 Å². The molecule has 0 bridgehead atoms. The largest absolute Gasteiger partial charge is 0.396 e. The van der Waals surface area contributed by atoms with Crippen LogP contribution in [0.5, 0.6) is 0 Å². The fourth-order valence-corrected chi connectivity index (χ4v) is 3.92. The molecule has 0 radical (unpaired) electrons. The van der Waals surface area contributed by atoms with Gasteiger partial charge in [0.05, 0.1) is 12.8 Å². The molecule has 23 heavy (non-hydrogen) atoms. The molecule has 2 fully saturated rings. The van der Waals surface area contributed by atoms with Crippen molar-refractivity contribution in [2.75, 3.05) is 33.3 Å². The van der Waals surface area contributed by atoms with E-state index in [2.05, 4.69) is 9.88 Å². The van der Waals surface area contributed by atoms with Crippen molar-refractivity contribution in [2.45, 2.75) is 25.3 Å². The molecule has 3 heterocycles. The second kappa shape index (κ2) is 6.13. The summed E-state index contributed by atoms with van der Waals surface area (Å²) in [7, 11) is 1.99. The fraction of sp³-hybridized carbons (Fsp3) is 0.625. The molecular weight excluding hydrogens is 304 g/mol. The molecule has 0 aromatic carbocycles. The molecule has 1 amide bonds. The van der Waals surface area contributed by atoms with Gasteiger partial charge in [0.2, 0.25) is 0 Å². The second-order valence-corrected chi connectivity index (χ2v) is 6.61. The van der Waals surface area contributed by atoms with Gasteiger partial charge in [-0.1, -0.05) is 0 Å². The molecule has 2 aliphatic rings. The Morgan fingerprint density at radius 3 is 2.91 bits per heavy atom. The van der Waals surface area contributed by atoms with Gasteiger partial charge in [-0.15, -0.1) is 0 Å². The normalized spacial score (nSPS) is 28.5. The first-order valence-electron chi connectivity index (χ1n) is 7.88. The maximum atomic E-state index is 13.8. The average molecular weight is 325 g/mol. The number of hydrogen-bond donors (Lipinski definition) is 1. The Hall–Kier alpha value is -1.60. The van der Waals surface area contributed by atoms with Crippen LogP contribution < -0.4 is 0 Å². The van der Waals surface area contributed by atoms with E-state index in [0.29, 0.717) is 25.6 Å². The van der Waals surface area contributed by atoms with Crippen LogP contribution in [0.25, 0.3) is 0 Å². The van der Waals surface area contributed by atoms with E-state index in [4.69, 9.17) is 0 Å². The van der Waals surface area contributed by atoms with Crippen LogP contribution >= 0.6 is 0 Å². The van der Waals surface area contributed by atoms with Gasteiger partial charge >= 0.3 is 0 Å². The van der Waals surface area contributed by atoms with E-state index in [1.54, 1.807) is 4.90 Å². The number of aromatic nitrogens is 1. The lowest BCUT2D eigenvalue weighted by Crippen LogP contribution is -2.62. The quantitative estimate of drug-likeness (QED) is 0.890. The summed E-state index contributed by atoms with van der Waals surface area (Å²) < 4.78 is 26.8. The fourth-order valence-electron chi connectivity index (χ4n) is 3.92. The highest BCUT2D eigenvalue weighted by Gasteiger charge is 2.47. The van der Waals surface area contributed by atoms with E-state index < -0.39 is 17.5 Å². The van der Waals surface area contributed by atoms with Crippen LogP contribution in [0.4, 0.5) is 8.78 Å². The number of aliphatic hydroxyl groups excluding tert-OH is 1. The van der Waals surface area contributed by atoms with Gasteiger partial charge in [0, 0.05) is 30.6 Å². The van der Waals surface area contributed by atoms with Crippen LogP contribution in [0.15, 0.2) is 12.3 Å². The number of likely N-dealkylation sites (N-methyl/N-ethyl adjacent to an activating group) is 1. The number of nitrogens with zero attached hydrogens (tertiary/aromatic N) is 3. The molecule has 0 unspecified atom stereocenters. The van der Waals surface area contributed by atoms with Gasteiger partial charge < -0.3 is 14.9 Å². The second-order valence-electron chi connectivity index (χ2n) is 6.61. The molecule has 5 nitrogen and oxygen atoms in total. The van der Waals surface area contributed by atoms with Crippen LogP contribution in [-0.2, 0) is 0 Å². The van der Waals surface area contributed by atoms with Gasteiger partial charge in [-0.3, -0.25) is 4.79 Å². The molecule has 0 spiro atoms. The number of halogens is 2. The molecular formula is C16H21F2N3O2. The Balaban J connectivity index is 1.81. The third kappa shape index (κ3) is 2.83. The van der Waals surface area contributed by atoms with Crippen molar-refractivity contribution in [1.82, 2.24) is 14.8 Å². The zero-order valence-corrected chi connectivity index (χ0v) is 13.1. The summed E-state index contributed by atoms with van der Waals surface area (Å²) in [6.45, 7) is 1.88. The van der Waals surface area contributed by atoms with Gasteiger partial charge in [0.25, 0.3) is 5.91 Å². The van der Waals surface area contributed by atoms with Crippen molar-refractivity contribution in [3.63, 3.8) is 0 Å². The number of hydrogen-bond acceptors (Lipinski definition) is 4. The number of fused-ring (bicyclic) bond motifs is 1. The van der Waals surface area contributed by atoms with Crippen molar-refractivity contribution < 1.29 is 18.7 Å². The van der Waals surface area contributed by atoms with Crippen molar-refractivity contribution in [3.8, 4) is 0 Å². The lowest BCUT2D eigenvalue weighted by atomic mass is 9.69. The van der Waals surface area contributed by atoms with Gasteiger partial charge in [-0.05, 0) is 32.9 Å². The molecule has 2 aliphatic heterocycles. The number of amides is 1. The van der Waals surface area contributed by atoms with E-state index in [0.717, 1.165) is 25.6 Å². The highest BCUT2D eigenvalue weighted by Crippen LogP contribution is 2.41. The Kier molecular flexibility index (Phi) is 4.33. The highest BCUT2D eigenvalue weighted by atomic mass is 19.1. The van der Waals surface area contributed by atoms with E-state index in [1.807, 2.05) is 7.05 Å². The first-order chi connectivity index (χ1) is 11.0. The molecule has 1 aromatic rings. The summed E-state index contributed by atoms with van der Waals surface area (Å²) in [6, 6.07) is 0.719. The summed E-state index contributed by atoms with van der Waals surface area (Å²) in [5, 5.41) is 9.87. The molecule has 2 atom stereocenters. The Morgan fingerprint density at radius 1 is 1.43 bits per heavy atom. The van der Waals surface area contributed by atoms with E-state index in [1.165, 1.54) is 0 Å². The molecule has 0 saturated carbocycles. The van der Waals surface area contributed by atoms with Crippen LogP contribution in [0.1, 0.15) is 29.8 Å². The Bertz CT molecular complexity index is 613. The van der Waals surface area contributed by atoms with Gasteiger partial charge in [0.15, 0.2) is 11.5 Å². The number of carbonyl (C=O) groups is 1. The first kappa shape index (κ1) is 16.3. The Labute approximate surface area is 133 Å². The molecule has 7 heteroatoms.